The Hall–Kier alpha value is -3.12. The molecular formula is C22H17NO4S. The SMILES string of the molecule is C[C@H](OC(=O)CSc1ccc2c3c(cccc13)C(=O)c1ccccc1-2)C(N)=O. The average Bonchev–Trinajstić information content (AvgIpc) is 2.70. The first-order valence-electron chi connectivity index (χ1n) is 8.79. The molecule has 28 heavy (non-hydrogen) atoms. The van der Waals surface area contributed by atoms with Crippen molar-refractivity contribution in [2.45, 2.75) is 17.9 Å². The normalized spacial score (nSPS) is 13.1. The molecule has 0 aliphatic heterocycles. The van der Waals surface area contributed by atoms with Crippen molar-refractivity contribution in [2.75, 3.05) is 5.75 Å². The van der Waals surface area contributed by atoms with Crippen LogP contribution in [0.5, 0.6) is 0 Å². The van der Waals surface area contributed by atoms with Gasteiger partial charge in [-0.2, -0.15) is 0 Å². The number of ketones is 1. The van der Waals surface area contributed by atoms with E-state index in [1.165, 1.54) is 18.7 Å². The molecular weight excluding hydrogens is 374 g/mol. The molecule has 0 bridgehead atoms. The van der Waals surface area contributed by atoms with Crippen molar-refractivity contribution in [1.29, 1.82) is 0 Å². The van der Waals surface area contributed by atoms with Gasteiger partial charge in [0, 0.05) is 21.4 Å². The minimum Gasteiger partial charge on any atom is -0.452 e. The first kappa shape index (κ1) is 18.3. The number of hydrogen-bond acceptors (Lipinski definition) is 5. The van der Waals surface area contributed by atoms with E-state index >= 15 is 0 Å². The summed E-state index contributed by atoms with van der Waals surface area (Å²) < 4.78 is 5.00. The van der Waals surface area contributed by atoms with Gasteiger partial charge in [-0.25, -0.2) is 0 Å². The number of carbonyl (C=O) groups excluding carboxylic acids is 3. The van der Waals surface area contributed by atoms with Gasteiger partial charge in [0.2, 0.25) is 0 Å². The van der Waals surface area contributed by atoms with E-state index in [9.17, 15) is 14.4 Å². The molecule has 5 nitrogen and oxygen atoms in total. The highest BCUT2D eigenvalue weighted by Crippen LogP contribution is 2.42. The summed E-state index contributed by atoms with van der Waals surface area (Å²) in [5, 5.41) is 1.81. The van der Waals surface area contributed by atoms with Crippen LogP contribution >= 0.6 is 11.8 Å². The molecule has 4 rings (SSSR count). The largest absolute Gasteiger partial charge is 0.452 e. The number of fused-ring (bicyclic) bond motifs is 2. The van der Waals surface area contributed by atoms with Crippen LogP contribution in [-0.2, 0) is 14.3 Å². The number of benzene rings is 3. The highest BCUT2D eigenvalue weighted by Gasteiger charge is 2.25. The van der Waals surface area contributed by atoms with Crippen LogP contribution < -0.4 is 5.73 Å². The van der Waals surface area contributed by atoms with Gasteiger partial charge in [-0.3, -0.25) is 14.4 Å². The zero-order valence-corrected chi connectivity index (χ0v) is 15.9. The molecule has 1 amide bonds. The van der Waals surface area contributed by atoms with Crippen LogP contribution in [0.4, 0.5) is 0 Å². The summed E-state index contributed by atoms with van der Waals surface area (Å²) in [6, 6.07) is 17.1. The zero-order chi connectivity index (χ0) is 19.8. The Morgan fingerprint density at radius 2 is 1.68 bits per heavy atom. The van der Waals surface area contributed by atoms with E-state index in [0.717, 1.165) is 26.8 Å². The third-order valence-corrected chi connectivity index (χ3v) is 5.81. The highest BCUT2D eigenvalue weighted by molar-refractivity contribution is 8.00. The van der Waals surface area contributed by atoms with E-state index in [4.69, 9.17) is 10.5 Å². The van der Waals surface area contributed by atoms with Crippen LogP contribution in [-0.4, -0.2) is 29.5 Å². The van der Waals surface area contributed by atoms with Crippen LogP contribution in [0, 0.1) is 0 Å². The average molecular weight is 391 g/mol. The maximum Gasteiger partial charge on any atom is 0.317 e. The molecule has 0 unspecified atom stereocenters. The van der Waals surface area contributed by atoms with Crippen LogP contribution in [0.2, 0.25) is 0 Å². The molecule has 1 aliphatic rings. The lowest BCUT2D eigenvalue weighted by molar-refractivity contribution is -0.151. The fourth-order valence-electron chi connectivity index (χ4n) is 3.41. The number of amides is 1. The quantitative estimate of drug-likeness (QED) is 0.415. The molecule has 0 spiro atoms. The summed E-state index contributed by atoms with van der Waals surface area (Å²) in [7, 11) is 0. The smallest absolute Gasteiger partial charge is 0.317 e. The van der Waals surface area contributed by atoms with Crippen LogP contribution in [0.25, 0.3) is 21.9 Å². The van der Waals surface area contributed by atoms with Gasteiger partial charge in [0.1, 0.15) is 0 Å². The summed E-state index contributed by atoms with van der Waals surface area (Å²) in [5.41, 5.74) is 8.41. The van der Waals surface area contributed by atoms with Crippen LogP contribution in [0.1, 0.15) is 22.8 Å². The lowest BCUT2D eigenvalue weighted by Gasteiger charge is -2.21. The Morgan fingerprint density at radius 1 is 0.964 bits per heavy atom. The minimum atomic E-state index is -0.960. The van der Waals surface area contributed by atoms with E-state index < -0.39 is 18.0 Å². The van der Waals surface area contributed by atoms with Gasteiger partial charge in [-0.05, 0) is 29.5 Å². The molecule has 0 heterocycles. The fourth-order valence-corrected chi connectivity index (χ4v) is 4.24. The summed E-state index contributed by atoms with van der Waals surface area (Å²) >= 11 is 1.31. The van der Waals surface area contributed by atoms with Crippen LogP contribution in [0.15, 0.2) is 59.5 Å². The Kier molecular flexibility index (Phi) is 4.65. The summed E-state index contributed by atoms with van der Waals surface area (Å²) in [6.45, 7) is 1.44. The molecule has 0 saturated heterocycles. The third kappa shape index (κ3) is 3.05. The third-order valence-electron chi connectivity index (χ3n) is 4.76. The number of carbonyl (C=O) groups is 3. The van der Waals surface area contributed by atoms with Gasteiger partial charge in [0.05, 0.1) is 5.75 Å². The van der Waals surface area contributed by atoms with Gasteiger partial charge in [-0.1, -0.05) is 48.5 Å². The van der Waals surface area contributed by atoms with E-state index in [1.54, 1.807) is 0 Å². The molecule has 1 atom stereocenters. The van der Waals surface area contributed by atoms with E-state index in [-0.39, 0.29) is 11.5 Å². The first-order chi connectivity index (χ1) is 13.5. The Morgan fingerprint density at radius 3 is 2.43 bits per heavy atom. The molecule has 6 heteroatoms. The number of nitrogens with two attached hydrogens (primary N) is 1. The van der Waals surface area contributed by atoms with Gasteiger partial charge >= 0.3 is 5.97 Å². The maximum absolute atomic E-state index is 12.9. The fraction of sp³-hybridized carbons (Fsp3) is 0.136. The number of esters is 1. The number of primary amides is 1. The summed E-state index contributed by atoms with van der Waals surface area (Å²) in [5.74, 6) is -1.15. The lowest BCUT2D eigenvalue weighted by Crippen LogP contribution is -2.31. The number of ether oxygens (including phenoxy) is 1. The van der Waals surface area contributed by atoms with Crippen molar-refractivity contribution in [3.8, 4) is 11.1 Å². The van der Waals surface area contributed by atoms with Gasteiger partial charge in [0.15, 0.2) is 11.9 Å². The zero-order valence-electron chi connectivity index (χ0n) is 15.1. The molecule has 2 N–H and O–H groups in total. The monoisotopic (exact) mass is 391 g/mol. The molecule has 1 aliphatic carbocycles. The highest BCUT2D eigenvalue weighted by atomic mass is 32.2. The van der Waals surface area contributed by atoms with Crippen molar-refractivity contribution in [3.63, 3.8) is 0 Å². The van der Waals surface area contributed by atoms with E-state index in [0.29, 0.717) is 11.1 Å². The molecule has 3 aromatic rings. The minimum absolute atomic E-state index is 0.00513. The van der Waals surface area contributed by atoms with E-state index in [2.05, 4.69) is 0 Å². The predicted octanol–water partition coefficient (Wildman–Crippen LogP) is 3.56. The van der Waals surface area contributed by atoms with Crippen molar-refractivity contribution in [2.24, 2.45) is 5.73 Å². The second-order valence-electron chi connectivity index (χ2n) is 6.54. The summed E-state index contributed by atoms with van der Waals surface area (Å²) in [4.78, 5) is 36.8. The van der Waals surface area contributed by atoms with E-state index in [1.807, 2.05) is 54.6 Å². The van der Waals surface area contributed by atoms with Crippen molar-refractivity contribution in [3.05, 3.63) is 65.7 Å². The first-order valence-corrected chi connectivity index (χ1v) is 9.77. The Bertz CT molecular complexity index is 1140. The maximum atomic E-state index is 12.9. The molecule has 0 radical (unpaired) electrons. The molecule has 0 fully saturated rings. The standard InChI is InChI=1S/C22H17NO4S/c1-12(22(23)26)27-19(24)11-28-18-10-9-14-13-5-2-3-6-15(13)21(25)17-8-4-7-16(18)20(14)17/h2-10,12H,11H2,1H3,(H2,23,26)/t12-/m0/s1. The molecule has 0 aromatic heterocycles. The number of hydrogen-bond donors (Lipinski definition) is 1. The van der Waals surface area contributed by atoms with Gasteiger partial charge in [0.25, 0.3) is 5.91 Å². The van der Waals surface area contributed by atoms with Gasteiger partial charge in [-0.15, -0.1) is 11.8 Å². The predicted molar refractivity (Wildman–Crippen MR) is 108 cm³/mol. The van der Waals surface area contributed by atoms with Crippen molar-refractivity contribution >= 4 is 40.2 Å². The second kappa shape index (κ2) is 7.13. The van der Waals surface area contributed by atoms with Crippen LogP contribution in [0.3, 0.4) is 0 Å². The molecule has 3 aromatic carbocycles. The Balaban J connectivity index is 1.70. The lowest BCUT2D eigenvalue weighted by atomic mass is 9.83. The van der Waals surface area contributed by atoms with Crippen molar-refractivity contribution in [1.82, 2.24) is 0 Å². The molecule has 140 valence electrons. The number of rotatable bonds is 5. The second-order valence-corrected chi connectivity index (χ2v) is 7.55. The topological polar surface area (TPSA) is 86.5 Å². The Labute approximate surface area is 165 Å². The number of thioether (sulfide) groups is 1. The van der Waals surface area contributed by atoms with Gasteiger partial charge < -0.3 is 10.5 Å². The summed E-state index contributed by atoms with van der Waals surface area (Å²) in [6.07, 6.45) is -0.960. The van der Waals surface area contributed by atoms with Crippen molar-refractivity contribution < 1.29 is 19.1 Å². The molecule has 0 saturated carbocycles.